The molecule has 0 atom stereocenters. The van der Waals surface area contributed by atoms with Gasteiger partial charge in [0.25, 0.3) is 0 Å². The van der Waals surface area contributed by atoms with Gasteiger partial charge in [0.2, 0.25) is 0 Å². The van der Waals surface area contributed by atoms with Gasteiger partial charge in [0.1, 0.15) is 0 Å². The first-order valence-electron chi connectivity index (χ1n) is 6.16. The largest absolute Gasteiger partial charge is 0.372 e. The first kappa shape index (κ1) is 14.3. The number of nitrogens with one attached hydrogen (secondary N) is 1. The minimum atomic E-state index is 0.478. The van der Waals surface area contributed by atoms with Gasteiger partial charge in [-0.2, -0.15) is 0 Å². The van der Waals surface area contributed by atoms with Crippen LogP contribution in [-0.2, 0) is 6.54 Å². The number of hydrogen-bond acceptors (Lipinski definition) is 2. The lowest BCUT2D eigenvalue weighted by atomic mass is 10.1. The fourth-order valence-corrected chi connectivity index (χ4v) is 1.83. The first-order valence-corrected chi connectivity index (χ1v) is 6.54. The quantitative estimate of drug-likeness (QED) is 0.862. The average Bonchev–Trinajstić information content (AvgIpc) is 2.25. The molecule has 0 aliphatic rings. The number of hydrogen-bond donors (Lipinski definition) is 1. The molecular formula is C14H23ClN2. The van der Waals surface area contributed by atoms with Crippen molar-refractivity contribution in [3.8, 4) is 0 Å². The van der Waals surface area contributed by atoms with E-state index in [-0.39, 0.29) is 0 Å². The highest BCUT2D eigenvalue weighted by Gasteiger charge is 2.10. The van der Waals surface area contributed by atoms with E-state index in [1.165, 1.54) is 11.3 Å². The number of anilines is 1. The molecule has 0 aromatic heterocycles. The Morgan fingerprint density at radius 1 is 1.24 bits per heavy atom. The summed E-state index contributed by atoms with van der Waals surface area (Å²) >= 11 is 6.07. The van der Waals surface area contributed by atoms with E-state index in [4.69, 9.17) is 11.6 Å². The van der Waals surface area contributed by atoms with Crippen molar-refractivity contribution in [3.05, 3.63) is 28.8 Å². The van der Waals surface area contributed by atoms with Gasteiger partial charge in [0.15, 0.2) is 0 Å². The standard InChI is InChI=1S/C14H23ClN2/c1-10(2)16-9-12-8-13(15)6-7-14(12)17(5)11(3)4/h6-8,10-11,16H,9H2,1-5H3. The van der Waals surface area contributed by atoms with E-state index in [9.17, 15) is 0 Å². The average molecular weight is 255 g/mol. The Hall–Kier alpha value is -0.730. The highest BCUT2D eigenvalue weighted by molar-refractivity contribution is 6.30. The predicted molar refractivity (Wildman–Crippen MR) is 77.0 cm³/mol. The molecule has 0 bridgehead atoms. The zero-order valence-electron chi connectivity index (χ0n) is 11.4. The van der Waals surface area contributed by atoms with Gasteiger partial charge in [-0.3, -0.25) is 0 Å². The molecule has 17 heavy (non-hydrogen) atoms. The summed E-state index contributed by atoms with van der Waals surface area (Å²) in [5.74, 6) is 0. The fraction of sp³-hybridized carbons (Fsp3) is 0.571. The monoisotopic (exact) mass is 254 g/mol. The second kappa shape index (κ2) is 6.27. The Morgan fingerprint density at radius 3 is 2.41 bits per heavy atom. The summed E-state index contributed by atoms with van der Waals surface area (Å²) in [7, 11) is 2.12. The zero-order valence-corrected chi connectivity index (χ0v) is 12.2. The molecule has 0 amide bonds. The van der Waals surface area contributed by atoms with Gasteiger partial charge in [-0.25, -0.2) is 0 Å². The van der Waals surface area contributed by atoms with E-state index < -0.39 is 0 Å². The third-order valence-electron chi connectivity index (χ3n) is 2.90. The smallest absolute Gasteiger partial charge is 0.0412 e. The third kappa shape index (κ3) is 4.21. The highest BCUT2D eigenvalue weighted by Crippen LogP contribution is 2.25. The zero-order chi connectivity index (χ0) is 13.0. The lowest BCUT2D eigenvalue weighted by Crippen LogP contribution is -2.28. The molecule has 1 aromatic carbocycles. The van der Waals surface area contributed by atoms with E-state index in [2.05, 4.69) is 51.0 Å². The predicted octanol–water partition coefficient (Wildman–Crippen LogP) is 3.68. The van der Waals surface area contributed by atoms with Crippen LogP contribution in [0.3, 0.4) is 0 Å². The van der Waals surface area contributed by atoms with E-state index in [1.54, 1.807) is 0 Å². The van der Waals surface area contributed by atoms with Crippen LogP contribution in [0, 0.1) is 0 Å². The second-order valence-corrected chi connectivity index (χ2v) is 5.45. The summed E-state index contributed by atoms with van der Waals surface area (Å²) in [4.78, 5) is 2.27. The maximum atomic E-state index is 6.07. The van der Waals surface area contributed by atoms with Crippen LogP contribution >= 0.6 is 11.6 Å². The van der Waals surface area contributed by atoms with Gasteiger partial charge in [-0.05, 0) is 37.6 Å². The second-order valence-electron chi connectivity index (χ2n) is 5.01. The number of benzene rings is 1. The van der Waals surface area contributed by atoms with Crippen molar-refractivity contribution in [1.82, 2.24) is 5.32 Å². The molecule has 0 spiro atoms. The maximum absolute atomic E-state index is 6.07. The molecule has 0 aliphatic carbocycles. The number of rotatable bonds is 5. The molecule has 0 aliphatic heterocycles. The molecule has 1 N–H and O–H groups in total. The number of halogens is 1. The summed E-state index contributed by atoms with van der Waals surface area (Å²) in [6, 6.07) is 7.06. The van der Waals surface area contributed by atoms with Crippen molar-refractivity contribution in [2.24, 2.45) is 0 Å². The van der Waals surface area contributed by atoms with Crippen LogP contribution in [0.5, 0.6) is 0 Å². The van der Waals surface area contributed by atoms with Crippen molar-refractivity contribution in [2.45, 2.75) is 46.3 Å². The van der Waals surface area contributed by atoms with Crippen LogP contribution in [0.1, 0.15) is 33.3 Å². The maximum Gasteiger partial charge on any atom is 0.0412 e. The molecule has 0 unspecified atom stereocenters. The van der Waals surface area contributed by atoms with Crippen molar-refractivity contribution in [1.29, 1.82) is 0 Å². The molecule has 3 heteroatoms. The van der Waals surface area contributed by atoms with Crippen molar-refractivity contribution in [3.63, 3.8) is 0 Å². The van der Waals surface area contributed by atoms with Crippen LogP contribution in [0.15, 0.2) is 18.2 Å². The summed E-state index contributed by atoms with van der Waals surface area (Å²) < 4.78 is 0. The highest BCUT2D eigenvalue weighted by atomic mass is 35.5. The van der Waals surface area contributed by atoms with Crippen LogP contribution in [0.2, 0.25) is 5.02 Å². The Morgan fingerprint density at radius 2 is 1.88 bits per heavy atom. The van der Waals surface area contributed by atoms with Crippen LogP contribution in [-0.4, -0.2) is 19.1 Å². The van der Waals surface area contributed by atoms with Crippen molar-refractivity contribution < 1.29 is 0 Å². The van der Waals surface area contributed by atoms with Gasteiger partial charge in [0.05, 0.1) is 0 Å². The van der Waals surface area contributed by atoms with E-state index in [0.717, 1.165) is 11.6 Å². The van der Waals surface area contributed by atoms with Crippen LogP contribution in [0.4, 0.5) is 5.69 Å². The van der Waals surface area contributed by atoms with Gasteiger partial charge in [-0.1, -0.05) is 25.4 Å². The molecule has 0 saturated heterocycles. The molecule has 2 nitrogen and oxygen atoms in total. The van der Waals surface area contributed by atoms with Crippen LogP contribution < -0.4 is 10.2 Å². The van der Waals surface area contributed by atoms with E-state index >= 15 is 0 Å². The Labute approximate surface area is 110 Å². The van der Waals surface area contributed by atoms with Gasteiger partial charge < -0.3 is 10.2 Å². The van der Waals surface area contributed by atoms with E-state index in [1.807, 2.05) is 12.1 Å². The van der Waals surface area contributed by atoms with Crippen LogP contribution in [0.25, 0.3) is 0 Å². The Bertz CT molecular complexity index is 361. The van der Waals surface area contributed by atoms with Crippen molar-refractivity contribution in [2.75, 3.05) is 11.9 Å². The van der Waals surface area contributed by atoms with E-state index in [0.29, 0.717) is 12.1 Å². The lowest BCUT2D eigenvalue weighted by molar-refractivity contribution is 0.587. The summed E-state index contributed by atoms with van der Waals surface area (Å²) in [5.41, 5.74) is 2.50. The molecular weight excluding hydrogens is 232 g/mol. The minimum Gasteiger partial charge on any atom is -0.372 e. The molecule has 0 saturated carbocycles. The van der Waals surface area contributed by atoms with Crippen molar-refractivity contribution >= 4 is 17.3 Å². The van der Waals surface area contributed by atoms with Gasteiger partial charge in [0, 0.05) is 36.4 Å². The van der Waals surface area contributed by atoms with Gasteiger partial charge >= 0.3 is 0 Å². The summed E-state index contributed by atoms with van der Waals surface area (Å²) in [6.45, 7) is 9.53. The lowest BCUT2D eigenvalue weighted by Gasteiger charge is -2.27. The molecule has 0 fully saturated rings. The summed E-state index contributed by atoms with van der Waals surface area (Å²) in [5, 5.41) is 4.24. The molecule has 0 heterocycles. The third-order valence-corrected chi connectivity index (χ3v) is 3.13. The number of nitrogens with zero attached hydrogens (tertiary/aromatic N) is 1. The fourth-order valence-electron chi connectivity index (χ4n) is 1.63. The minimum absolute atomic E-state index is 0.478. The molecule has 0 radical (unpaired) electrons. The molecule has 1 rings (SSSR count). The van der Waals surface area contributed by atoms with Gasteiger partial charge in [-0.15, -0.1) is 0 Å². The Balaban J connectivity index is 2.95. The topological polar surface area (TPSA) is 15.3 Å². The molecule has 1 aromatic rings. The summed E-state index contributed by atoms with van der Waals surface area (Å²) in [6.07, 6.45) is 0. The first-order chi connectivity index (χ1) is 7.91. The Kier molecular flexibility index (Phi) is 5.29. The normalized spacial score (nSPS) is 11.3. The molecule has 96 valence electrons. The SMILES string of the molecule is CC(C)NCc1cc(Cl)ccc1N(C)C(C)C.